The first kappa shape index (κ1) is 18.7. The van der Waals surface area contributed by atoms with Crippen molar-refractivity contribution in [1.82, 2.24) is 10.3 Å². The minimum atomic E-state index is -1.41. The maximum Gasteiger partial charge on any atom is 0.329 e. The van der Waals surface area contributed by atoms with Crippen molar-refractivity contribution in [2.75, 3.05) is 6.61 Å². The van der Waals surface area contributed by atoms with E-state index in [4.69, 9.17) is 4.74 Å². The molecule has 2 fully saturated rings. The Morgan fingerprint density at radius 1 is 1.19 bits per heavy atom. The lowest BCUT2D eigenvalue weighted by molar-refractivity contribution is -0.148. The van der Waals surface area contributed by atoms with E-state index in [1.165, 1.54) is 19.8 Å². The van der Waals surface area contributed by atoms with Gasteiger partial charge in [0, 0.05) is 5.56 Å². The van der Waals surface area contributed by atoms with E-state index in [2.05, 4.69) is 10.3 Å². The van der Waals surface area contributed by atoms with Crippen molar-refractivity contribution in [1.29, 1.82) is 0 Å². The number of carbonyl (C=O) groups is 2. The molecule has 0 spiro atoms. The van der Waals surface area contributed by atoms with Crippen LogP contribution in [0.3, 0.4) is 0 Å². The second kappa shape index (κ2) is 6.56. The van der Waals surface area contributed by atoms with E-state index in [1.807, 2.05) is 6.07 Å². The number of aliphatic carboxylic acids is 1. The SMILES string of the molecule is CC(C)(C)C(C)(NC(=O)c1ccc(C2CC2)c(OCC2CC2)n1)C(=O)O. The van der Waals surface area contributed by atoms with E-state index < -0.39 is 22.8 Å². The molecule has 6 nitrogen and oxygen atoms in total. The molecule has 1 aromatic heterocycles. The average molecular weight is 360 g/mol. The lowest BCUT2D eigenvalue weighted by Gasteiger charge is -2.38. The third-order valence-electron chi connectivity index (χ3n) is 5.58. The van der Waals surface area contributed by atoms with Crippen molar-refractivity contribution in [3.05, 3.63) is 23.4 Å². The number of amides is 1. The van der Waals surface area contributed by atoms with Crippen LogP contribution >= 0.6 is 0 Å². The maximum absolute atomic E-state index is 12.7. The van der Waals surface area contributed by atoms with E-state index in [-0.39, 0.29) is 5.69 Å². The van der Waals surface area contributed by atoms with Gasteiger partial charge in [-0.05, 0) is 55.9 Å². The number of hydrogen-bond donors (Lipinski definition) is 2. The Bertz CT molecular complexity index is 717. The van der Waals surface area contributed by atoms with Crippen molar-refractivity contribution >= 4 is 11.9 Å². The van der Waals surface area contributed by atoms with Gasteiger partial charge in [-0.3, -0.25) is 4.79 Å². The zero-order chi connectivity index (χ0) is 19.1. The van der Waals surface area contributed by atoms with Gasteiger partial charge < -0.3 is 15.2 Å². The minimum Gasteiger partial charge on any atom is -0.479 e. The number of nitrogens with one attached hydrogen (secondary N) is 1. The summed E-state index contributed by atoms with van der Waals surface area (Å²) in [6, 6.07) is 3.56. The number of ether oxygens (including phenoxy) is 1. The molecular weight excluding hydrogens is 332 g/mol. The molecule has 26 heavy (non-hydrogen) atoms. The normalized spacial score (nSPS) is 19.5. The van der Waals surface area contributed by atoms with Crippen molar-refractivity contribution in [3.63, 3.8) is 0 Å². The fourth-order valence-electron chi connectivity index (χ4n) is 2.73. The summed E-state index contributed by atoms with van der Waals surface area (Å²) < 4.78 is 5.89. The summed E-state index contributed by atoms with van der Waals surface area (Å²) in [5.74, 6) is 0.0200. The first-order chi connectivity index (χ1) is 12.1. The summed E-state index contributed by atoms with van der Waals surface area (Å²) in [4.78, 5) is 28.9. The number of carboxylic acids is 1. The lowest BCUT2D eigenvalue weighted by Crippen LogP contribution is -2.60. The van der Waals surface area contributed by atoms with Crippen molar-refractivity contribution < 1.29 is 19.4 Å². The second-order valence-corrected chi connectivity index (χ2v) is 8.75. The molecule has 1 aromatic rings. The molecule has 1 unspecified atom stereocenters. The summed E-state index contributed by atoms with van der Waals surface area (Å²) in [5, 5.41) is 12.3. The highest BCUT2D eigenvalue weighted by Gasteiger charge is 2.46. The van der Waals surface area contributed by atoms with Gasteiger partial charge in [-0.25, -0.2) is 9.78 Å². The molecule has 2 N–H and O–H groups in total. The Morgan fingerprint density at radius 2 is 1.85 bits per heavy atom. The molecule has 1 amide bonds. The molecule has 3 rings (SSSR count). The van der Waals surface area contributed by atoms with Gasteiger partial charge in [-0.15, -0.1) is 0 Å². The van der Waals surface area contributed by atoms with Crippen LogP contribution in [0.2, 0.25) is 0 Å². The van der Waals surface area contributed by atoms with Crippen LogP contribution in [0.15, 0.2) is 12.1 Å². The molecule has 0 bridgehead atoms. The molecule has 2 aliphatic carbocycles. The van der Waals surface area contributed by atoms with E-state index in [0.29, 0.717) is 24.3 Å². The Labute approximate surface area is 154 Å². The van der Waals surface area contributed by atoms with Crippen LogP contribution in [0.25, 0.3) is 0 Å². The predicted octanol–water partition coefficient (Wildman–Crippen LogP) is 3.37. The number of carbonyl (C=O) groups excluding carboxylic acids is 1. The first-order valence-electron chi connectivity index (χ1n) is 9.31. The van der Waals surface area contributed by atoms with Gasteiger partial charge in [0.25, 0.3) is 5.91 Å². The Balaban J connectivity index is 1.81. The molecule has 2 saturated carbocycles. The number of nitrogens with zero attached hydrogens (tertiary/aromatic N) is 1. The number of aromatic nitrogens is 1. The van der Waals surface area contributed by atoms with E-state index >= 15 is 0 Å². The van der Waals surface area contributed by atoms with Crippen molar-refractivity contribution in [2.45, 2.75) is 64.8 Å². The molecule has 0 aliphatic heterocycles. The molecule has 0 saturated heterocycles. The van der Waals surface area contributed by atoms with Crippen molar-refractivity contribution in [3.8, 4) is 5.88 Å². The molecule has 2 aliphatic rings. The Kier molecular flexibility index (Phi) is 4.71. The standard InChI is InChI=1S/C20H28N2O4/c1-19(2,3)20(4,18(24)25)22-16(23)15-10-9-14(13-7-8-13)17(21-15)26-11-12-5-6-12/h9-10,12-13H,5-8,11H2,1-4H3,(H,22,23)(H,24,25). The molecule has 142 valence electrons. The molecule has 0 aromatic carbocycles. The predicted molar refractivity (Wildman–Crippen MR) is 97.4 cm³/mol. The summed E-state index contributed by atoms with van der Waals surface area (Å²) in [6.45, 7) is 7.52. The van der Waals surface area contributed by atoms with Gasteiger partial charge in [0.15, 0.2) is 0 Å². The summed E-state index contributed by atoms with van der Waals surface area (Å²) in [5.41, 5.74) is -0.820. The van der Waals surface area contributed by atoms with Gasteiger partial charge in [0.2, 0.25) is 5.88 Å². The summed E-state index contributed by atoms with van der Waals surface area (Å²) >= 11 is 0. The fraction of sp³-hybridized carbons (Fsp3) is 0.650. The van der Waals surface area contributed by atoms with Crippen LogP contribution in [0.1, 0.15) is 75.3 Å². The first-order valence-corrected chi connectivity index (χ1v) is 9.31. The molecule has 1 atom stereocenters. The zero-order valence-corrected chi connectivity index (χ0v) is 16.0. The van der Waals surface area contributed by atoms with Crippen LogP contribution < -0.4 is 10.1 Å². The van der Waals surface area contributed by atoms with Crippen LogP contribution in [-0.4, -0.2) is 34.1 Å². The number of carboxylic acid groups (broad SMARTS) is 1. The highest BCUT2D eigenvalue weighted by molar-refractivity contribution is 5.96. The smallest absolute Gasteiger partial charge is 0.329 e. The lowest BCUT2D eigenvalue weighted by atomic mass is 9.74. The summed E-state index contributed by atoms with van der Waals surface area (Å²) in [7, 11) is 0. The molecule has 6 heteroatoms. The topological polar surface area (TPSA) is 88.5 Å². The van der Waals surface area contributed by atoms with E-state index in [1.54, 1.807) is 26.8 Å². The second-order valence-electron chi connectivity index (χ2n) is 8.75. The number of rotatable bonds is 7. The van der Waals surface area contributed by atoms with Crippen molar-refractivity contribution in [2.24, 2.45) is 11.3 Å². The number of hydrogen-bond acceptors (Lipinski definition) is 4. The maximum atomic E-state index is 12.7. The monoisotopic (exact) mass is 360 g/mol. The third kappa shape index (κ3) is 3.84. The van der Waals surface area contributed by atoms with Gasteiger partial charge >= 0.3 is 5.97 Å². The van der Waals surface area contributed by atoms with Crippen LogP contribution in [-0.2, 0) is 4.79 Å². The zero-order valence-electron chi connectivity index (χ0n) is 16.0. The highest BCUT2D eigenvalue weighted by Crippen LogP contribution is 2.44. The molecule has 1 heterocycles. The molecular formula is C20H28N2O4. The average Bonchev–Trinajstić information content (AvgIpc) is 3.45. The number of pyridine rings is 1. The van der Waals surface area contributed by atoms with Crippen LogP contribution in [0.5, 0.6) is 5.88 Å². The Morgan fingerprint density at radius 3 is 2.35 bits per heavy atom. The van der Waals surface area contributed by atoms with Gasteiger partial charge in [-0.2, -0.15) is 0 Å². The Hall–Kier alpha value is -2.11. The summed E-state index contributed by atoms with van der Waals surface area (Å²) in [6.07, 6.45) is 4.60. The minimum absolute atomic E-state index is 0.192. The fourth-order valence-corrected chi connectivity index (χ4v) is 2.73. The van der Waals surface area contributed by atoms with E-state index in [0.717, 1.165) is 18.4 Å². The van der Waals surface area contributed by atoms with Gasteiger partial charge in [0.05, 0.1) is 6.61 Å². The highest BCUT2D eigenvalue weighted by atomic mass is 16.5. The largest absolute Gasteiger partial charge is 0.479 e. The quantitative estimate of drug-likeness (QED) is 0.778. The molecule has 0 radical (unpaired) electrons. The van der Waals surface area contributed by atoms with Gasteiger partial charge in [-0.1, -0.05) is 26.8 Å². The van der Waals surface area contributed by atoms with Crippen LogP contribution in [0, 0.1) is 11.3 Å². The third-order valence-corrected chi connectivity index (χ3v) is 5.58. The van der Waals surface area contributed by atoms with Gasteiger partial charge in [0.1, 0.15) is 11.2 Å². The van der Waals surface area contributed by atoms with E-state index in [9.17, 15) is 14.7 Å². The van der Waals surface area contributed by atoms with Crippen LogP contribution in [0.4, 0.5) is 0 Å².